The maximum absolute atomic E-state index is 12.1. The fourth-order valence-electron chi connectivity index (χ4n) is 1.56. The van der Waals surface area contributed by atoms with Crippen LogP contribution in [0.2, 0.25) is 0 Å². The highest BCUT2D eigenvalue weighted by Gasteiger charge is 2.09. The first kappa shape index (κ1) is 12.2. The first-order chi connectivity index (χ1) is 7.11. The molecule has 1 N–H and O–H groups in total. The molecule has 0 spiro atoms. The van der Waals surface area contributed by atoms with Crippen molar-refractivity contribution >= 4 is 12.2 Å². The third kappa shape index (κ3) is 2.56. The zero-order valence-electron chi connectivity index (χ0n) is 9.54. The zero-order valence-corrected chi connectivity index (χ0v) is 10.4. The average Bonchev–Trinajstić information content (AvgIpc) is 2.22. The SMILES string of the molecule is CCCc1c[nH]c(=S)n(C(C)CC)c1=O. The van der Waals surface area contributed by atoms with Crippen LogP contribution < -0.4 is 5.56 Å². The van der Waals surface area contributed by atoms with E-state index in [1.54, 1.807) is 10.8 Å². The molecular formula is C11H18N2OS. The maximum atomic E-state index is 12.1. The fraction of sp³-hybridized carbons (Fsp3) is 0.636. The van der Waals surface area contributed by atoms with Crippen molar-refractivity contribution in [3.63, 3.8) is 0 Å². The van der Waals surface area contributed by atoms with Gasteiger partial charge in [0.2, 0.25) is 0 Å². The van der Waals surface area contributed by atoms with Gasteiger partial charge in [0.05, 0.1) is 0 Å². The van der Waals surface area contributed by atoms with Crippen molar-refractivity contribution in [1.29, 1.82) is 0 Å². The second-order valence-electron chi connectivity index (χ2n) is 3.80. The molecule has 0 aliphatic heterocycles. The van der Waals surface area contributed by atoms with Gasteiger partial charge in [-0.15, -0.1) is 0 Å². The lowest BCUT2D eigenvalue weighted by atomic mass is 10.2. The monoisotopic (exact) mass is 226 g/mol. The Morgan fingerprint density at radius 1 is 1.53 bits per heavy atom. The first-order valence-corrected chi connectivity index (χ1v) is 5.85. The van der Waals surface area contributed by atoms with Crippen molar-refractivity contribution in [1.82, 2.24) is 9.55 Å². The molecule has 0 aliphatic rings. The average molecular weight is 226 g/mol. The van der Waals surface area contributed by atoms with E-state index in [0.717, 1.165) is 24.8 Å². The molecule has 0 amide bonds. The minimum Gasteiger partial charge on any atom is -0.338 e. The van der Waals surface area contributed by atoms with Crippen molar-refractivity contribution in [2.45, 2.75) is 46.1 Å². The summed E-state index contributed by atoms with van der Waals surface area (Å²) in [5, 5.41) is 0. The van der Waals surface area contributed by atoms with Crippen molar-refractivity contribution < 1.29 is 0 Å². The molecule has 1 atom stereocenters. The zero-order chi connectivity index (χ0) is 11.4. The van der Waals surface area contributed by atoms with E-state index in [2.05, 4.69) is 18.8 Å². The molecule has 0 saturated carbocycles. The van der Waals surface area contributed by atoms with Crippen LogP contribution in [0.3, 0.4) is 0 Å². The van der Waals surface area contributed by atoms with Gasteiger partial charge in [0, 0.05) is 17.8 Å². The molecule has 0 saturated heterocycles. The van der Waals surface area contributed by atoms with Gasteiger partial charge < -0.3 is 4.98 Å². The second kappa shape index (κ2) is 5.26. The standard InChI is InChI=1S/C11H18N2OS/c1-4-6-9-7-12-11(15)13(10(9)14)8(3)5-2/h7-8H,4-6H2,1-3H3,(H,12,15). The van der Waals surface area contributed by atoms with Gasteiger partial charge in [-0.2, -0.15) is 0 Å². The van der Waals surface area contributed by atoms with E-state index in [0.29, 0.717) is 4.77 Å². The molecule has 1 aromatic rings. The van der Waals surface area contributed by atoms with Crippen molar-refractivity contribution in [3.05, 3.63) is 26.9 Å². The molecule has 0 bridgehead atoms. The van der Waals surface area contributed by atoms with E-state index in [9.17, 15) is 4.79 Å². The molecule has 0 fully saturated rings. The lowest BCUT2D eigenvalue weighted by Gasteiger charge is -2.13. The van der Waals surface area contributed by atoms with Gasteiger partial charge in [-0.05, 0) is 32.0 Å². The number of nitrogens with zero attached hydrogens (tertiary/aromatic N) is 1. The van der Waals surface area contributed by atoms with Crippen LogP contribution >= 0.6 is 12.2 Å². The Bertz CT molecular complexity index is 433. The van der Waals surface area contributed by atoms with Crippen molar-refractivity contribution in [2.75, 3.05) is 0 Å². The molecule has 4 heteroatoms. The summed E-state index contributed by atoms with van der Waals surface area (Å²) in [7, 11) is 0. The summed E-state index contributed by atoms with van der Waals surface area (Å²) >= 11 is 5.13. The van der Waals surface area contributed by atoms with Crippen LogP contribution in [0.25, 0.3) is 0 Å². The largest absolute Gasteiger partial charge is 0.338 e. The molecule has 1 rings (SSSR count). The molecule has 1 aromatic heterocycles. The minimum absolute atomic E-state index is 0.0648. The first-order valence-electron chi connectivity index (χ1n) is 5.44. The predicted octanol–water partition coefficient (Wildman–Crippen LogP) is 2.83. The molecule has 1 heterocycles. The Labute approximate surface area is 95.2 Å². The Balaban J connectivity index is 3.30. The van der Waals surface area contributed by atoms with Gasteiger partial charge in [-0.1, -0.05) is 20.3 Å². The number of H-pyrrole nitrogens is 1. The molecule has 15 heavy (non-hydrogen) atoms. The lowest BCUT2D eigenvalue weighted by Crippen LogP contribution is -2.27. The summed E-state index contributed by atoms with van der Waals surface area (Å²) < 4.78 is 2.20. The highest BCUT2D eigenvalue weighted by Crippen LogP contribution is 2.07. The number of hydrogen-bond donors (Lipinski definition) is 1. The van der Waals surface area contributed by atoms with E-state index in [1.807, 2.05) is 6.92 Å². The number of aromatic amines is 1. The molecule has 3 nitrogen and oxygen atoms in total. The highest BCUT2D eigenvalue weighted by atomic mass is 32.1. The van der Waals surface area contributed by atoms with Crippen LogP contribution in [-0.2, 0) is 6.42 Å². The smallest absolute Gasteiger partial charge is 0.257 e. The summed E-state index contributed by atoms with van der Waals surface area (Å²) in [6.07, 6.45) is 4.43. The van der Waals surface area contributed by atoms with Crippen molar-refractivity contribution in [3.8, 4) is 0 Å². The third-order valence-electron chi connectivity index (χ3n) is 2.63. The van der Waals surface area contributed by atoms with Crippen LogP contribution in [0.4, 0.5) is 0 Å². The van der Waals surface area contributed by atoms with Gasteiger partial charge in [0.25, 0.3) is 5.56 Å². The summed E-state index contributed by atoms with van der Waals surface area (Å²) in [6.45, 7) is 6.13. The van der Waals surface area contributed by atoms with Crippen molar-refractivity contribution in [2.24, 2.45) is 0 Å². The van der Waals surface area contributed by atoms with Gasteiger partial charge in [0.1, 0.15) is 0 Å². The van der Waals surface area contributed by atoms with Crippen LogP contribution in [0.1, 0.15) is 45.2 Å². The Morgan fingerprint density at radius 2 is 2.20 bits per heavy atom. The summed E-state index contributed by atoms with van der Waals surface area (Å²) in [4.78, 5) is 15.0. The predicted molar refractivity (Wildman–Crippen MR) is 64.9 cm³/mol. The number of hydrogen-bond acceptors (Lipinski definition) is 2. The molecule has 1 unspecified atom stereocenters. The summed E-state index contributed by atoms with van der Waals surface area (Å²) in [5.41, 5.74) is 0.890. The number of rotatable bonds is 4. The number of aromatic nitrogens is 2. The summed E-state index contributed by atoms with van der Waals surface area (Å²) in [6, 6.07) is 0.165. The minimum atomic E-state index is 0.0648. The normalized spacial score (nSPS) is 12.7. The highest BCUT2D eigenvalue weighted by molar-refractivity contribution is 7.71. The second-order valence-corrected chi connectivity index (χ2v) is 4.19. The summed E-state index contributed by atoms with van der Waals surface area (Å²) in [5.74, 6) is 0. The Morgan fingerprint density at radius 3 is 2.73 bits per heavy atom. The van der Waals surface area contributed by atoms with E-state index < -0.39 is 0 Å². The van der Waals surface area contributed by atoms with E-state index in [-0.39, 0.29) is 11.6 Å². The molecule has 0 aromatic carbocycles. The Kier molecular flexibility index (Phi) is 4.27. The molecule has 84 valence electrons. The lowest BCUT2D eigenvalue weighted by molar-refractivity contribution is 0.495. The van der Waals surface area contributed by atoms with Crippen LogP contribution in [-0.4, -0.2) is 9.55 Å². The molecule has 0 aliphatic carbocycles. The van der Waals surface area contributed by atoms with Gasteiger partial charge in [-0.25, -0.2) is 0 Å². The quantitative estimate of drug-likeness (QED) is 0.802. The third-order valence-corrected chi connectivity index (χ3v) is 2.95. The molecular weight excluding hydrogens is 208 g/mol. The number of aryl methyl sites for hydroxylation is 1. The van der Waals surface area contributed by atoms with Crippen LogP contribution in [0, 0.1) is 4.77 Å². The fourth-order valence-corrected chi connectivity index (χ4v) is 1.88. The van der Waals surface area contributed by atoms with Crippen LogP contribution in [0.15, 0.2) is 11.0 Å². The number of nitrogens with one attached hydrogen (secondary N) is 1. The van der Waals surface area contributed by atoms with E-state index in [4.69, 9.17) is 12.2 Å². The van der Waals surface area contributed by atoms with E-state index >= 15 is 0 Å². The van der Waals surface area contributed by atoms with Crippen LogP contribution in [0.5, 0.6) is 0 Å². The van der Waals surface area contributed by atoms with Gasteiger partial charge in [0.15, 0.2) is 4.77 Å². The molecule has 0 radical (unpaired) electrons. The maximum Gasteiger partial charge on any atom is 0.257 e. The van der Waals surface area contributed by atoms with E-state index in [1.165, 1.54) is 0 Å². The van der Waals surface area contributed by atoms with Gasteiger partial charge >= 0.3 is 0 Å². The van der Waals surface area contributed by atoms with Gasteiger partial charge in [-0.3, -0.25) is 9.36 Å². The topological polar surface area (TPSA) is 37.8 Å². The Hall–Kier alpha value is -0.900.